The lowest BCUT2D eigenvalue weighted by Crippen LogP contribution is -2.59. The fraction of sp³-hybridized carbons (Fsp3) is 0.833. The zero-order chi connectivity index (χ0) is 16.8. The van der Waals surface area contributed by atoms with E-state index in [2.05, 4.69) is 47.7 Å². The molecule has 0 spiro atoms. The van der Waals surface area contributed by atoms with Crippen LogP contribution in [-0.2, 0) is 4.84 Å². The van der Waals surface area contributed by atoms with E-state index in [1.54, 1.807) is 0 Å². The van der Waals surface area contributed by atoms with Crippen LogP contribution in [-0.4, -0.2) is 37.2 Å². The number of hydrogen-bond acceptors (Lipinski definition) is 5. The summed E-state index contributed by atoms with van der Waals surface area (Å²) in [5.41, 5.74) is 0.387. The van der Waals surface area contributed by atoms with Gasteiger partial charge in [0, 0.05) is 11.1 Å². The molecule has 2 aliphatic rings. The third-order valence-corrected chi connectivity index (χ3v) is 4.88. The Bertz CT molecular complexity index is 401. The average Bonchev–Trinajstić information content (AvgIpc) is 2.54. The highest BCUT2D eigenvalue weighted by molar-refractivity contribution is 4.93. The molecule has 3 rings (SSSR count). The predicted molar refractivity (Wildman–Crippen MR) is 91.6 cm³/mol. The van der Waals surface area contributed by atoms with Crippen molar-refractivity contribution in [3.63, 3.8) is 0 Å². The van der Waals surface area contributed by atoms with Crippen LogP contribution >= 0.6 is 0 Å². The topological polar surface area (TPSA) is 51.1 Å². The molecule has 0 amide bonds. The SMILES string of the molecule is CC1(C)CCCC(C)(C)N1OC1CCCCC1.c1ncncn1. The van der Waals surface area contributed by atoms with Gasteiger partial charge in [-0.15, -0.1) is 0 Å². The van der Waals surface area contributed by atoms with Crippen molar-refractivity contribution in [3.8, 4) is 0 Å². The van der Waals surface area contributed by atoms with E-state index in [1.807, 2.05) is 0 Å². The molecule has 5 heteroatoms. The minimum Gasteiger partial charge on any atom is -0.295 e. The molecule has 1 aliphatic carbocycles. The molecule has 1 aliphatic heterocycles. The second-order valence-corrected chi connectivity index (χ2v) is 7.93. The van der Waals surface area contributed by atoms with Gasteiger partial charge in [-0.3, -0.25) is 4.84 Å². The number of aromatic nitrogens is 3. The highest BCUT2D eigenvalue weighted by Crippen LogP contribution is 2.39. The van der Waals surface area contributed by atoms with E-state index in [0.717, 1.165) is 0 Å². The molecule has 1 saturated heterocycles. The Balaban J connectivity index is 0.000000268. The van der Waals surface area contributed by atoms with Crippen LogP contribution in [0.2, 0.25) is 0 Å². The molecule has 1 aromatic heterocycles. The number of rotatable bonds is 2. The molecule has 1 aromatic rings. The molecular weight excluding hydrogens is 288 g/mol. The van der Waals surface area contributed by atoms with Gasteiger partial charge in [-0.2, -0.15) is 5.06 Å². The summed E-state index contributed by atoms with van der Waals surface area (Å²) in [5, 5.41) is 2.33. The molecule has 0 bridgehead atoms. The summed E-state index contributed by atoms with van der Waals surface area (Å²) in [6.07, 6.45) is 15.2. The van der Waals surface area contributed by atoms with E-state index in [0.29, 0.717) is 6.10 Å². The minimum atomic E-state index is 0.194. The summed E-state index contributed by atoms with van der Waals surface area (Å²) in [5.74, 6) is 0. The van der Waals surface area contributed by atoms with Crippen molar-refractivity contribution in [2.75, 3.05) is 0 Å². The van der Waals surface area contributed by atoms with Crippen molar-refractivity contribution in [3.05, 3.63) is 19.0 Å². The lowest BCUT2D eigenvalue weighted by molar-refractivity contribution is -0.308. The number of hydroxylamine groups is 2. The van der Waals surface area contributed by atoms with Gasteiger partial charge in [0.25, 0.3) is 0 Å². The van der Waals surface area contributed by atoms with Crippen LogP contribution in [0.4, 0.5) is 0 Å². The zero-order valence-electron chi connectivity index (χ0n) is 15.2. The standard InChI is InChI=1S/C15H29NO.C3H3N3/c1-14(2)11-8-12-15(3,4)16(14)17-13-9-6-5-7-10-13;1-4-2-6-3-5-1/h13H,5-12H2,1-4H3;1-3H. The molecule has 2 fully saturated rings. The van der Waals surface area contributed by atoms with Crippen LogP contribution in [0.25, 0.3) is 0 Å². The van der Waals surface area contributed by atoms with E-state index in [-0.39, 0.29) is 11.1 Å². The minimum absolute atomic E-state index is 0.194. The fourth-order valence-corrected chi connectivity index (χ4v) is 3.79. The van der Waals surface area contributed by atoms with E-state index in [9.17, 15) is 0 Å². The Labute approximate surface area is 140 Å². The first-order valence-electron chi connectivity index (χ1n) is 8.94. The van der Waals surface area contributed by atoms with Crippen LogP contribution in [0.5, 0.6) is 0 Å². The molecule has 0 atom stereocenters. The average molecular weight is 320 g/mol. The molecule has 0 radical (unpaired) electrons. The Morgan fingerprint density at radius 2 is 1.26 bits per heavy atom. The lowest BCUT2D eigenvalue weighted by Gasteiger charge is -2.52. The fourth-order valence-electron chi connectivity index (χ4n) is 3.79. The maximum absolute atomic E-state index is 6.40. The monoisotopic (exact) mass is 320 g/mol. The number of hydrogen-bond donors (Lipinski definition) is 0. The van der Waals surface area contributed by atoms with Crippen LogP contribution in [0.3, 0.4) is 0 Å². The molecular formula is C18H32N4O. The van der Waals surface area contributed by atoms with Gasteiger partial charge >= 0.3 is 0 Å². The zero-order valence-corrected chi connectivity index (χ0v) is 15.2. The quantitative estimate of drug-likeness (QED) is 0.818. The van der Waals surface area contributed by atoms with Gasteiger partial charge in [-0.05, 0) is 59.8 Å². The van der Waals surface area contributed by atoms with Crippen molar-refractivity contribution >= 4 is 0 Å². The second-order valence-electron chi connectivity index (χ2n) is 7.93. The van der Waals surface area contributed by atoms with Crippen molar-refractivity contribution in [2.45, 2.75) is 96.2 Å². The maximum Gasteiger partial charge on any atom is 0.119 e. The molecule has 0 N–H and O–H groups in total. The van der Waals surface area contributed by atoms with E-state index < -0.39 is 0 Å². The summed E-state index contributed by atoms with van der Waals surface area (Å²) < 4.78 is 0. The van der Waals surface area contributed by atoms with E-state index in [1.165, 1.54) is 70.3 Å². The lowest BCUT2D eigenvalue weighted by atomic mass is 9.82. The van der Waals surface area contributed by atoms with Crippen LogP contribution in [0.15, 0.2) is 19.0 Å². The molecule has 2 heterocycles. The predicted octanol–water partition coefficient (Wildman–Crippen LogP) is 4.17. The van der Waals surface area contributed by atoms with Gasteiger partial charge in [0.05, 0.1) is 6.10 Å². The summed E-state index contributed by atoms with van der Waals surface area (Å²) in [4.78, 5) is 17.1. The highest BCUT2D eigenvalue weighted by atomic mass is 16.7. The van der Waals surface area contributed by atoms with Crippen molar-refractivity contribution in [1.82, 2.24) is 20.0 Å². The normalized spacial score (nSPS) is 24.5. The third kappa shape index (κ3) is 5.50. The van der Waals surface area contributed by atoms with Gasteiger partial charge in [0.1, 0.15) is 19.0 Å². The van der Waals surface area contributed by atoms with Gasteiger partial charge in [0.15, 0.2) is 0 Å². The summed E-state index contributed by atoms with van der Waals surface area (Å²) in [7, 11) is 0. The molecule has 0 aromatic carbocycles. The first kappa shape index (κ1) is 18.3. The van der Waals surface area contributed by atoms with E-state index in [4.69, 9.17) is 4.84 Å². The Morgan fingerprint density at radius 3 is 1.70 bits per heavy atom. The number of nitrogens with zero attached hydrogens (tertiary/aromatic N) is 4. The summed E-state index contributed by atoms with van der Waals surface area (Å²) >= 11 is 0. The first-order chi connectivity index (χ1) is 10.9. The van der Waals surface area contributed by atoms with E-state index >= 15 is 0 Å². The number of piperidine rings is 1. The summed E-state index contributed by atoms with van der Waals surface area (Å²) in [6.45, 7) is 9.32. The Hall–Kier alpha value is -1.07. The largest absolute Gasteiger partial charge is 0.295 e. The molecule has 1 saturated carbocycles. The van der Waals surface area contributed by atoms with Gasteiger partial charge in [-0.1, -0.05) is 19.3 Å². The first-order valence-corrected chi connectivity index (χ1v) is 8.94. The Morgan fingerprint density at radius 1 is 0.783 bits per heavy atom. The molecule has 0 unspecified atom stereocenters. The maximum atomic E-state index is 6.40. The molecule has 23 heavy (non-hydrogen) atoms. The highest BCUT2D eigenvalue weighted by Gasteiger charge is 2.43. The van der Waals surface area contributed by atoms with Gasteiger partial charge < -0.3 is 0 Å². The summed E-state index contributed by atoms with van der Waals surface area (Å²) in [6, 6.07) is 0. The van der Waals surface area contributed by atoms with Gasteiger partial charge in [0.2, 0.25) is 0 Å². The third-order valence-electron chi connectivity index (χ3n) is 4.88. The van der Waals surface area contributed by atoms with Crippen LogP contribution in [0.1, 0.15) is 79.1 Å². The van der Waals surface area contributed by atoms with Crippen LogP contribution < -0.4 is 0 Å². The molecule has 130 valence electrons. The Kier molecular flexibility index (Phi) is 6.48. The van der Waals surface area contributed by atoms with Crippen LogP contribution in [0, 0.1) is 0 Å². The smallest absolute Gasteiger partial charge is 0.119 e. The second kappa shape index (κ2) is 8.15. The van der Waals surface area contributed by atoms with Gasteiger partial charge in [-0.25, -0.2) is 15.0 Å². The van der Waals surface area contributed by atoms with Crippen molar-refractivity contribution < 1.29 is 4.84 Å². The van der Waals surface area contributed by atoms with Crippen molar-refractivity contribution in [2.24, 2.45) is 0 Å². The molecule has 5 nitrogen and oxygen atoms in total. The van der Waals surface area contributed by atoms with Crippen molar-refractivity contribution in [1.29, 1.82) is 0 Å².